The summed E-state index contributed by atoms with van der Waals surface area (Å²) in [5, 5.41) is 10.0. The smallest absolute Gasteiger partial charge is 0.785 e. The molecule has 0 spiro atoms. The molecule has 0 bridgehead atoms. The van der Waals surface area contributed by atoms with Gasteiger partial charge >= 0.3 is 27.3 Å². The van der Waals surface area contributed by atoms with E-state index in [1.165, 1.54) is 0 Å². The molecule has 0 amide bonds. The summed E-state index contributed by atoms with van der Waals surface area (Å²) in [4.78, 5) is 10.0. The van der Waals surface area contributed by atoms with Gasteiger partial charge in [-0.25, -0.2) is 0 Å². The molecule has 1 unspecified atom stereocenters. The van der Waals surface area contributed by atoms with Gasteiger partial charge in [0, 0.05) is 6.04 Å². The molecule has 0 aliphatic carbocycles. The van der Waals surface area contributed by atoms with E-state index in [4.69, 9.17) is 18.4 Å². The molecule has 2 N–H and O–H groups in total. The number of aliphatic carboxylic acids is 1. The molecule has 3 nitrogen and oxygen atoms in total. The largest absolute Gasteiger partial charge is 2.00 e. The number of carboxylic acid groups (broad SMARTS) is 1. The van der Waals surface area contributed by atoms with Crippen molar-refractivity contribution in [2.75, 3.05) is 0 Å². The molecule has 0 heterocycles. The Bertz CT molecular complexity index is 123. The molecule has 1 atom stereocenters. The summed E-state index contributed by atoms with van der Waals surface area (Å²) >= 11 is 4.74. The number of carbonyl (C=O) groups excluding carboxylic acids is 1. The minimum atomic E-state index is -1.30. The summed E-state index contributed by atoms with van der Waals surface area (Å²) in [5.41, 5.74) is 5.13. The van der Waals surface area contributed by atoms with E-state index >= 15 is 0 Å². The molecule has 0 aromatic carbocycles. The van der Waals surface area contributed by atoms with Crippen LogP contribution in [0.2, 0.25) is 0 Å². The maximum atomic E-state index is 10.0. The molecule has 56 valence electrons. The van der Waals surface area contributed by atoms with E-state index < -0.39 is 16.8 Å². The normalized spacial score (nSPS) is 13.6. The Morgan fingerprint density at radius 3 is 2.00 bits per heavy atom. The fourth-order valence-corrected chi connectivity index (χ4v) is 0.380. The van der Waals surface area contributed by atoms with Gasteiger partial charge in [-0.05, 0) is 0 Å². The van der Waals surface area contributed by atoms with Crippen LogP contribution in [0.15, 0.2) is 0 Å². The first kappa shape index (κ1) is 13.3. The van der Waals surface area contributed by atoms with Crippen LogP contribution in [0, 0.1) is 0 Å². The van der Waals surface area contributed by atoms with Crippen LogP contribution in [0.5, 0.6) is 0 Å². The van der Waals surface area contributed by atoms with Gasteiger partial charge in [-0.3, -0.25) is 0 Å². The van der Waals surface area contributed by atoms with Crippen LogP contribution in [0.4, 0.5) is 0 Å². The second-order valence-electron chi connectivity index (χ2n) is 2.40. The molecular formula is C5H9NO2PbS. The van der Waals surface area contributed by atoms with Gasteiger partial charge < -0.3 is 28.3 Å². The predicted octanol–water partition coefficient (Wildman–Crippen LogP) is -1.99. The fourth-order valence-electron chi connectivity index (χ4n) is 0.284. The van der Waals surface area contributed by atoms with Crippen LogP contribution in [-0.2, 0) is 17.4 Å². The van der Waals surface area contributed by atoms with Crippen molar-refractivity contribution in [2.24, 2.45) is 5.73 Å². The van der Waals surface area contributed by atoms with Crippen LogP contribution in [0.1, 0.15) is 13.8 Å². The average molecular weight is 354 g/mol. The second-order valence-corrected chi connectivity index (χ2v) is 3.45. The standard InChI is InChI=1S/C5H11NO2S.Pb/c1-5(2,9)3(6)4(7)8;/h3,9H,6H2,1-2H3,(H,7,8);/q;+2/p-2. The third kappa shape index (κ3) is 4.51. The Morgan fingerprint density at radius 1 is 1.70 bits per heavy atom. The Labute approximate surface area is 85.9 Å². The van der Waals surface area contributed by atoms with Crippen LogP contribution in [-0.4, -0.2) is 44.1 Å². The number of hydrogen-bond acceptors (Lipinski definition) is 4. The first-order valence-electron chi connectivity index (χ1n) is 2.52. The summed E-state index contributed by atoms with van der Waals surface area (Å²) in [6, 6.07) is -1.06. The van der Waals surface area contributed by atoms with Crippen molar-refractivity contribution >= 4 is 45.9 Å². The van der Waals surface area contributed by atoms with Crippen molar-refractivity contribution in [3.8, 4) is 0 Å². The maximum absolute atomic E-state index is 10.0. The first-order chi connectivity index (χ1) is 3.85. The minimum absolute atomic E-state index is 0. The van der Waals surface area contributed by atoms with Crippen molar-refractivity contribution < 1.29 is 9.90 Å². The molecular weight excluding hydrogens is 345 g/mol. The summed E-state index contributed by atoms with van der Waals surface area (Å²) in [6.07, 6.45) is 0. The summed E-state index contributed by atoms with van der Waals surface area (Å²) in [5.74, 6) is -1.30. The molecule has 0 rings (SSSR count). The van der Waals surface area contributed by atoms with Crippen LogP contribution < -0.4 is 10.8 Å². The Hall–Kier alpha value is 0.702. The van der Waals surface area contributed by atoms with E-state index in [1.807, 2.05) is 0 Å². The zero-order valence-corrected chi connectivity index (χ0v) is 10.6. The third-order valence-corrected chi connectivity index (χ3v) is 1.26. The Balaban J connectivity index is 0. The molecule has 2 radical (unpaired) electrons. The van der Waals surface area contributed by atoms with Crippen LogP contribution in [0.25, 0.3) is 0 Å². The molecule has 0 aromatic heterocycles. The Kier molecular flexibility index (Phi) is 6.06. The first-order valence-corrected chi connectivity index (χ1v) is 2.93. The number of carbonyl (C=O) groups is 1. The van der Waals surface area contributed by atoms with Gasteiger partial charge in [0.15, 0.2) is 0 Å². The number of nitrogens with two attached hydrogens (primary N) is 1. The second kappa shape index (κ2) is 4.55. The van der Waals surface area contributed by atoms with Gasteiger partial charge in [0.05, 0.1) is 5.97 Å². The van der Waals surface area contributed by atoms with E-state index in [2.05, 4.69) is 0 Å². The minimum Gasteiger partial charge on any atom is -0.785 e. The Morgan fingerprint density at radius 2 is 2.00 bits per heavy atom. The quantitative estimate of drug-likeness (QED) is 0.461. The van der Waals surface area contributed by atoms with Gasteiger partial charge in [-0.2, -0.15) is 0 Å². The number of hydrogen-bond donors (Lipinski definition) is 1. The van der Waals surface area contributed by atoms with Crippen LogP contribution >= 0.6 is 0 Å². The van der Waals surface area contributed by atoms with E-state index in [1.54, 1.807) is 13.8 Å². The number of rotatable bonds is 2. The van der Waals surface area contributed by atoms with E-state index in [0.29, 0.717) is 0 Å². The molecule has 0 fully saturated rings. The third-order valence-electron chi connectivity index (χ3n) is 1.00. The van der Waals surface area contributed by atoms with Crippen molar-refractivity contribution in [2.45, 2.75) is 24.6 Å². The van der Waals surface area contributed by atoms with Gasteiger partial charge in [0.2, 0.25) is 0 Å². The molecule has 0 saturated heterocycles. The van der Waals surface area contributed by atoms with Crippen molar-refractivity contribution in [3.63, 3.8) is 0 Å². The molecule has 0 aromatic rings. The summed E-state index contributed by atoms with van der Waals surface area (Å²) in [7, 11) is 0. The van der Waals surface area contributed by atoms with Crippen molar-refractivity contribution in [1.82, 2.24) is 0 Å². The fraction of sp³-hybridized carbons (Fsp3) is 0.800. The zero-order valence-electron chi connectivity index (χ0n) is 5.88. The zero-order chi connectivity index (χ0) is 7.65. The van der Waals surface area contributed by atoms with Gasteiger partial charge in [0.25, 0.3) is 0 Å². The summed E-state index contributed by atoms with van der Waals surface area (Å²) < 4.78 is -0.821. The molecule has 0 aliphatic rings. The van der Waals surface area contributed by atoms with Gasteiger partial charge in [-0.15, -0.1) is 4.75 Å². The van der Waals surface area contributed by atoms with E-state index in [-0.39, 0.29) is 27.3 Å². The average Bonchev–Trinajstić information content (AvgIpc) is 1.62. The SMILES string of the molecule is CC(C)([S-])C(N)C(=O)[O-].[Pb+2]. The summed E-state index contributed by atoms with van der Waals surface area (Å²) in [6.45, 7) is 3.14. The van der Waals surface area contributed by atoms with Gasteiger partial charge in [0.1, 0.15) is 0 Å². The molecule has 5 heteroatoms. The van der Waals surface area contributed by atoms with E-state index in [9.17, 15) is 9.90 Å². The molecule has 0 saturated carbocycles. The predicted molar refractivity (Wildman–Crippen MR) is 40.2 cm³/mol. The maximum Gasteiger partial charge on any atom is 2.00 e. The van der Waals surface area contributed by atoms with Crippen molar-refractivity contribution in [1.29, 1.82) is 0 Å². The number of carboxylic acids is 1. The van der Waals surface area contributed by atoms with E-state index in [0.717, 1.165) is 0 Å². The molecule has 10 heavy (non-hydrogen) atoms. The molecule has 0 aliphatic heterocycles. The van der Waals surface area contributed by atoms with Crippen molar-refractivity contribution in [3.05, 3.63) is 0 Å². The van der Waals surface area contributed by atoms with Crippen LogP contribution in [0.3, 0.4) is 0 Å². The van der Waals surface area contributed by atoms with Gasteiger partial charge in [-0.1, -0.05) is 13.8 Å². The topological polar surface area (TPSA) is 66.2 Å². The monoisotopic (exact) mass is 355 g/mol.